The highest BCUT2D eigenvalue weighted by molar-refractivity contribution is 5.99. The van der Waals surface area contributed by atoms with Gasteiger partial charge in [-0.15, -0.1) is 0 Å². The summed E-state index contributed by atoms with van der Waals surface area (Å²) in [5.41, 5.74) is 4.07. The second-order valence-corrected chi connectivity index (χ2v) is 12.1. The third kappa shape index (κ3) is 8.95. The van der Waals surface area contributed by atoms with Gasteiger partial charge in [0, 0.05) is 29.9 Å². The van der Waals surface area contributed by atoms with Crippen molar-refractivity contribution in [2.75, 3.05) is 30.3 Å². The Kier molecular flexibility index (Phi) is 11.0. The van der Waals surface area contributed by atoms with Crippen LogP contribution in [0.4, 0.5) is 16.2 Å². The molecule has 2 amide bonds. The zero-order valence-electron chi connectivity index (χ0n) is 26.1. The second kappa shape index (κ2) is 15.9. The average molecular weight is 622 g/mol. The number of likely N-dealkylation sites (tertiary alicyclic amines) is 1. The maximum atomic E-state index is 12.9. The first kappa shape index (κ1) is 31.8. The number of ether oxygens (including phenoxy) is 3. The minimum absolute atomic E-state index is 0.00514. The Morgan fingerprint density at radius 3 is 2.17 bits per heavy atom. The van der Waals surface area contributed by atoms with Gasteiger partial charge in [0.05, 0.1) is 18.8 Å². The fourth-order valence-electron chi connectivity index (χ4n) is 6.10. The van der Waals surface area contributed by atoms with Crippen molar-refractivity contribution in [1.82, 2.24) is 4.90 Å². The van der Waals surface area contributed by atoms with E-state index in [9.17, 15) is 9.90 Å². The van der Waals surface area contributed by atoms with E-state index in [1.165, 1.54) is 32.1 Å². The Balaban J connectivity index is 1.11. The van der Waals surface area contributed by atoms with Gasteiger partial charge in [-0.25, -0.2) is 4.79 Å². The molecule has 8 nitrogen and oxygen atoms in total. The Morgan fingerprint density at radius 1 is 0.739 bits per heavy atom. The van der Waals surface area contributed by atoms with Gasteiger partial charge in [-0.05, 0) is 85.6 Å². The van der Waals surface area contributed by atoms with Crippen molar-refractivity contribution in [3.63, 3.8) is 0 Å². The third-order valence-corrected chi connectivity index (χ3v) is 8.53. The third-order valence-electron chi connectivity index (χ3n) is 8.53. The lowest BCUT2D eigenvalue weighted by molar-refractivity contribution is -0.253. The summed E-state index contributed by atoms with van der Waals surface area (Å²) < 4.78 is 19.0. The number of nitrogens with zero attached hydrogens (tertiary/aromatic N) is 1. The largest absolute Gasteiger partial charge is 0.457 e. The number of carbonyl (C=O) groups is 1. The van der Waals surface area contributed by atoms with Gasteiger partial charge in [-0.2, -0.15) is 0 Å². The van der Waals surface area contributed by atoms with Crippen molar-refractivity contribution in [2.24, 2.45) is 0 Å². The number of para-hydroxylation sites is 1. The number of urea groups is 1. The molecular weight excluding hydrogens is 578 g/mol. The molecule has 0 saturated carbocycles. The van der Waals surface area contributed by atoms with E-state index in [1.807, 2.05) is 91.0 Å². The summed E-state index contributed by atoms with van der Waals surface area (Å²) in [5.74, 6) is 1.44. The van der Waals surface area contributed by atoms with E-state index >= 15 is 0 Å². The Hall–Kier alpha value is -4.21. The first-order valence-electron chi connectivity index (χ1n) is 16.4. The van der Waals surface area contributed by atoms with E-state index in [0.717, 1.165) is 48.5 Å². The molecule has 2 heterocycles. The molecule has 3 unspecified atom stereocenters. The molecule has 3 N–H and O–H groups in total. The Labute approximate surface area is 271 Å². The molecule has 46 heavy (non-hydrogen) atoms. The van der Waals surface area contributed by atoms with Crippen molar-refractivity contribution in [2.45, 2.75) is 63.6 Å². The van der Waals surface area contributed by atoms with Gasteiger partial charge in [0.1, 0.15) is 11.5 Å². The van der Waals surface area contributed by atoms with E-state index in [1.54, 1.807) is 12.1 Å². The molecule has 8 heteroatoms. The minimum atomic E-state index is -0.585. The molecule has 6 rings (SSSR count). The smallest absolute Gasteiger partial charge is 0.323 e. The molecule has 2 fully saturated rings. The molecule has 4 aromatic carbocycles. The molecule has 3 atom stereocenters. The number of anilines is 2. The molecule has 0 aromatic heterocycles. The zero-order valence-corrected chi connectivity index (χ0v) is 26.1. The summed E-state index contributed by atoms with van der Waals surface area (Å²) >= 11 is 0. The van der Waals surface area contributed by atoms with Crippen LogP contribution < -0.4 is 15.4 Å². The summed E-state index contributed by atoms with van der Waals surface area (Å²) in [4.78, 5) is 15.5. The van der Waals surface area contributed by atoms with Crippen molar-refractivity contribution in [1.29, 1.82) is 0 Å². The van der Waals surface area contributed by atoms with Crippen LogP contribution in [-0.4, -0.2) is 41.8 Å². The molecule has 0 spiro atoms. The predicted octanol–water partition coefficient (Wildman–Crippen LogP) is 8.43. The van der Waals surface area contributed by atoms with Crippen LogP contribution in [0.3, 0.4) is 0 Å². The monoisotopic (exact) mass is 621 g/mol. The van der Waals surface area contributed by atoms with Crippen LogP contribution in [0.15, 0.2) is 103 Å². The number of aliphatic hydroxyl groups is 1. The van der Waals surface area contributed by atoms with Gasteiger partial charge in [0.15, 0.2) is 6.29 Å². The molecular formula is C38H43N3O5. The summed E-state index contributed by atoms with van der Waals surface area (Å²) in [6.45, 7) is 3.06. The first-order valence-corrected chi connectivity index (χ1v) is 16.4. The lowest BCUT2D eigenvalue weighted by Gasteiger charge is -2.39. The van der Waals surface area contributed by atoms with Gasteiger partial charge < -0.3 is 34.9 Å². The van der Waals surface area contributed by atoms with Crippen molar-refractivity contribution in [3.8, 4) is 11.5 Å². The van der Waals surface area contributed by atoms with Crippen molar-refractivity contribution >= 4 is 17.4 Å². The van der Waals surface area contributed by atoms with E-state index in [-0.39, 0.29) is 24.8 Å². The maximum absolute atomic E-state index is 12.9. The van der Waals surface area contributed by atoms with Gasteiger partial charge in [0.2, 0.25) is 0 Å². The molecule has 2 aliphatic heterocycles. The maximum Gasteiger partial charge on any atom is 0.323 e. The Bertz CT molecular complexity index is 1520. The predicted molar refractivity (Wildman–Crippen MR) is 180 cm³/mol. The second-order valence-electron chi connectivity index (χ2n) is 12.1. The van der Waals surface area contributed by atoms with E-state index in [0.29, 0.717) is 17.1 Å². The number of carbonyl (C=O) groups excluding carboxylic acids is 1. The molecule has 0 radical (unpaired) electrons. The van der Waals surface area contributed by atoms with Gasteiger partial charge in [-0.3, -0.25) is 0 Å². The van der Waals surface area contributed by atoms with Crippen LogP contribution in [-0.2, 0) is 16.1 Å². The van der Waals surface area contributed by atoms with E-state index < -0.39 is 6.29 Å². The zero-order chi connectivity index (χ0) is 31.6. The van der Waals surface area contributed by atoms with Crippen molar-refractivity contribution in [3.05, 3.63) is 120 Å². The SMILES string of the molecule is O=C(Nc1ccc(Oc2ccccc2)cc1)Nc1cccc(C2OC(CN3CCCCCCC3)CC(c3ccc(CO)cc3)O2)c1. The van der Waals surface area contributed by atoms with E-state index in [2.05, 4.69) is 15.5 Å². The normalized spacial score (nSPS) is 20.7. The lowest BCUT2D eigenvalue weighted by atomic mass is 9.99. The molecule has 4 aromatic rings. The number of rotatable bonds is 9. The molecule has 240 valence electrons. The highest BCUT2D eigenvalue weighted by Crippen LogP contribution is 2.39. The summed E-state index contributed by atoms with van der Waals surface area (Å²) in [6.07, 6.45) is 6.35. The molecule has 0 bridgehead atoms. The highest BCUT2D eigenvalue weighted by Gasteiger charge is 2.33. The number of hydrogen-bond donors (Lipinski definition) is 3. The summed E-state index contributed by atoms with van der Waals surface area (Å²) in [5, 5.41) is 15.4. The van der Waals surface area contributed by atoms with Crippen LogP contribution in [0, 0.1) is 0 Å². The van der Waals surface area contributed by atoms with Crippen LogP contribution in [0.25, 0.3) is 0 Å². The number of benzene rings is 4. The van der Waals surface area contributed by atoms with Gasteiger partial charge in [-0.1, -0.05) is 73.9 Å². The van der Waals surface area contributed by atoms with E-state index in [4.69, 9.17) is 14.2 Å². The molecule has 0 aliphatic carbocycles. The standard InChI is InChI=1S/C38H43N3O5/c42-27-28-14-16-29(17-15-28)36-25-35(26-41-22-7-2-1-3-8-23-41)45-37(46-36)30-10-9-11-32(24-30)40-38(43)39-31-18-20-34(21-19-31)44-33-12-5-4-6-13-33/h4-6,9-21,24,35-37,42H,1-3,7-8,22-23,25-27H2,(H2,39,40,43). The number of nitrogens with one attached hydrogen (secondary N) is 2. The van der Waals surface area contributed by atoms with Crippen molar-refractivity contribution < 1.29 is 24.1 Å². The topological polar surface area (TPSA) is 92.3 Å². The number of aliphatic hydroxyl groups excluding tert-OH is 1. The number of amides is 2. The molecule has 2 aliphatic rings. The van der Waals surface area contributed by atoms with Crippen LogP contribution in [0.5, 0.6) is 11.5 Å². The number of hydrogen-bond acceptors (Lipinski definition) is 6. The summed E-state index contributed by atoms with van der Waals surface area (Å²) in [6, 6.07) is 32.1. The Morgan fingerprint density at radius 2 is 1.43 bits per heavy atom. The molecule has 2 saturated heterocycles. The van der Waals surface area contributed by atoms with Gasteiger partial charge >= 0.3 is 6.03 Å². The van der Waals surface area contributed by atoms with Gasteiger partial charge in [0.25, 0.3) is 0 Å². The quantitative estimate of drug-likeness (QED) is 0.174. The van der Waals surface area contributed by atoms with Crippen LogP contribution >= 0.6 is 0 Å². The minimum Gasteiger partial charge on any atom is -0.457 e. The van der Waals surface area contributed by atoms with Crippen LogP contribution in [0.1, 0.15) is 67.6 Å². The fourth-order valence-corrected chi connectivity index (χ4v) is 6.10. The first-order chi connectivity index (χ1) is 22.6. The highest BCUT2D eigenvalue weighted by atomic mass is 16.7. The fraction of sp³-hybridized carbons (Fsp3) is 0.342. The van der Waals surface area contributed by atoms with Crippen LogP contribution in [0.2, 0.25) is 0 Å². The average Bonchev–Trinajstić information content (AvgIpc) is 3.07. The lowest BCUT2D eigenvalue weighted by Crippen LogP contribution is -2.40. The summed E-state index contributed by atoms with van der Waals surface area (Å²) in [7, 11) is 0.